The quantitative estimate of drug-likeness (QED) is 0.302. The molecule has 204 valence electrons. The molecule has 3 heterocycles. The van der Waals surface area contributed by atoms with Crippen molar-refractivity contribution in [3.8, 4) is 28.7 Å². The predicted octanol–water partition coefficient (Wildman–Crippen LogP) is 4.42. The van der Waals surface area contributed by atoms with Crippen LogP contribution in [-0.4, -0.2) is 65.3 Å². The van der Waals surface area contributed by atoms with Crippen LogP contribution < -0.4 is 15.4 Å². The molecule has 1 fully saturated rings. The van der Waals surface area contributed by atoms with Gasteiger partial charge in [0.05, 0.1) is 0 Å². The van der Waals surface area contributed by atoms with Crippen molar-refractivity contribution in [2.45, 2.75) is 13.3 Å². The zero-order valence-corrected chi connectivity index (χ0v) is 22.5. The van der Waals surface area contributed by atoms with E-state index in [2.05, 4.69) is 32.2 Å². The van der Waals surface area contributed by atoms with Crippen LogP contribution >= 0.6 is 0 Å². The molecule has 0 spiro atoms. The fraction of sp³-hybridized carbons (Fsp3) is 0.258. The summed E-state index contributed by atoms with van der Waals surface area (Å²) in [4.78, 5) is 20.3. The van der Waals surface area contributed by atoms with E-state index < -0.39 is 0 Å². The molecule has 0 bridgehead atoms. The third-order valence-electron chi connectivity index (χ3n) is 7.43. The smallest absolute Gasteiger partial charge is 0.260 e. The van der Waals surface area contributed by atoms with Crippen molar-refractivity contribution < 1.29 is 13.9 Å². The molecule has 40 heavy (non-hydrogen) atoms. The Morgan fingerprint density at radius 1 is 1.00 bits per heavy atom. The van der Waals surface area contributed by atoms with Crippen LogP contribution in [0, 0.1) is 6.92 Å². The van der Waals surface area contributed by atoms with Gasteiger partial charge in [0.1, 0.15) is 5.75 Å². The third kappa shape index (κ3) is 5.28. The average Bonchev–Trinajstić information content (AvgIpc) is 3.64. The Labute approximate surface area is 232 Å². The summed E-state index contributed by atoms with van der Waals surface area (Å²) in [5.74, 6) is 1.69. The number of hydrogen-bond acceptors (Lipinski definition) is 7. The maximum Gasteiger partial charge on any atom is 0.260 e. The van der Waals surface area contributed by atoms with Crippen LogP contribution in [0.2, 0.25) is 0 Å². The standard InChI is InChI=1S/C31H32N6O3/c1-21-4-2-3-5-26(21)31-35-34-30(40-31)22-6-8-24(9-7-22)36-14-16-37(17-15-36)29(38)20-39-25-10-11-28-27(18-25)23(12-13-32)19-33-28/h2-11,18-19,33H,12-17,20,32H2,1H3. The first-order valence-electron chi connectivity index (χ1n) is 13.5. The van der Waals surface area contributed by atoms with Crippen molar-refractivity contribution in [3.05, 3.63) is 84.1 Å². The van der Waals surface area contributed by atoms with E-state index in [1.165, 1.54) is 0 Å². The van der Waals surface area contributed by atoms with Gasteiger partial charge in [-0.3, -0.25) is 4.79 Å². The largest absolute Gasteiger partial charge is 0.484 e. The number of carbonyl (C=O) groups is 1. The predicted molar refractivity (Wildman–Crippen MR) is 155 cm³/mol. The minimum absolute atomic E-state index is 0.00723. The summed E-state index contributed by atoms with van der Waals surface area (Å²) in [7, 11) is 0. The second-order valence-corrected chi connectivity index (χ2v) is 9.99. The van der Waals surface area contributed by atoms with Crippen LogP contribution in [0.1, 0.15) is 11.1 Å². The summed E-state index contributed by atoms with van der Waals surface area (Å²) in [6, 6.07) is 21.9. The molecule has 1 aliphatic heterocycles. The molecule has 9 nitrogen and oxygen atoms in total. The Bertz CT molecular complexity index is 1620. The van der Waals surface area contributed by atoms with Crippen molar-refractivity contribution in [1.82, 2.24) is 20.1 Å². The molecule has 3 aromatic carbocycles. The molecule has 0 unspecified atom stereocenters. The highest BCUT2D eigenvalue weighted by Crippen LogP contribution is 2.28. The Morgan fingerprint density at radius 2 is 1.77 bits per heavy atom. The number of aromatic amines is 1. The zero-order valence-electron chi connectivity index (χ0n) is 22.5. The Kier molecular flexibility index (Phi) is 7.20. The number of anilines is 1. The molecular formula is C31H32N6O3. The molecule has 5 aromatic rings. The first-order valence-corrected chi connectivity index (χ1v) is 13.5. The van der Waals surface area contributed by atoms with Gasteiger partial charge in [-0.25, -0.2) is 0 Å². The molecule has 2 aromatic heterocycles. The van der Waals surface area contributed by atoms with Gasteiger partial charge in [-0.2, -0.15) is 0 Å². The normalized spacial score (nSPS) is 13.7. The maximum absolute atomic E-state index is 12.9. The van der Waals surface area contributed by atoms with Crippen LogP contribution in [0.25, 0.3) is 33.8 Å². The summed E-state index contributed by atoms with van der Waals surface area (Å²) in [5.41, 5.74) is 11.9. The maximum atomic E-state index is 12.9. The van der Waals surface area contributed by atoms with Gasteiger partial charge in [0.25, 0.3) is 5.91 Å². The van der Waals surface area contributed by atoms with Crippen LogP contribution in [-0.2, 0) is 11.2 Å². The fourth-order valence-electron chi connectivity index (χ4n) is 5.14. The number of nitrogens with one attached hydrogen (secondary N) is 1. The third-order valence-corrected chi connectivity index (χ3v) is 7.43. The molecule has 9 heteroatoms. The number of aryl methyl sites for hydroxylation is 1. The van der Waals surface area contributed by atoms with E-state index in [-0.39, 0.29) is 12.5 Å². The number of nitrogens with zero attached hydrogens (tertiary/aromatic N) is 4. The SMILES string of the molecule is Cc1ccccc1-c1nnc(-c2ccc(N3CCN(C(=O)COc4ccc5[nH]cc(CCN)c5c4)CC3)cc2)o1. The summed E-state index contributed by atoms with van der Waals surface area (Å²) in [6.45, 7) is 5.42. The van der Waals surface area contributed by atoms with Gasteiger partial charge in [-0.15, -0.1) is 10.2 Å². The monoisotopic (exact) mass is 536 g/mol. The molecule has 1 amide bonds. The van der Waals surface area contributed by atoms with Gasteiger partial charge in [-0.1, -0.05) is 18.2 Å². The Morgan fingerprint density at radius 3 is 2.55 bits per heavy atom. The molecule has 0 aliphatic carbocycles. The highest BCUT2D eigenvalue weighted by Gasteiger charge is 2.22. The number of H-pyrrole nitrogens is 1. The lowest BCUT2D eigenvalue weighted by Gasteiger charge is -2.36. The van der Waals surface area contributed by atoms with E-state index in [0.29, 0.717) is 37.2 Å². The van der Waals surface area contributed by atoms with E-state index in [1.54, 1.807) is 0 Å². The highest BCUT2D eigenvalue weighted by molar-refractivity contribution is 5.85. The summed E-state index contributed by atoms with van der Waals surface area (Å²) >= 11 is 0. The minimum Gasteiger partial charge on any atom is -0.484 e. The van der Waals surface area contributed by atoms with Crippen LogP contribution in [0.5, 0.6) is 5.75 Å². The van der Waals surface area contributed by atoms with Crippen LogP contribution in [0.15, 0.2) is 77.3 Å². The molecule has 1 saturated heterocycles. The molecule has 6 rings (SSSR count). The first kappa shape index (κ1) is 25.6. The second-order valence-electron chi connectivity index (χ2n) is 9.99. The van der Waals surface area contributed by atoms with E-state index in [1.807, 2.05) is 72.6 Å². The molecular weight excluding hydrogens is 504 g/mol. The number of carbonyl (C=O) groups excluding carboxylic acids is 1. The zero-order chi connectivity index (χ0) is 27.5. The number of aromatic nitrogens is 3. The van der Waals surface area contributed by atoms with E-state index in [0.717, 1.165) is 58.4 Å². The van der Waals surface area contributed by atoms with E-state index in [9.17, 15) is 4.79 Å². The van der Waals surface area contributed by atoms with Gasteiger partial charge in [-0.05, 0) is 79.5 Å². The van der Waals surface area contributed by atoms with Gasteiger partial charge < -0.3 is 29.7 Å². The van der Waals surface area contributed by atoms with E-state index >= 15 is 0 Å². The number of benzene rings is 3. The lowest BCUT2D eigenvalue weighted by atomic mass is 10.1. The number of hydrogen-bond donors (Lipinski definition) is 2. The van der Waals surface area contributed by atoms with Crippen molar-refractivity contribution in [1.29, 1.82) is 0 Å². The Balaban J connectivity index is 1.02. The van der Waals surface area contributed by atoms with Crippen molar-refractivity contribution in [2.24, 2.45) is 5.73 Å². The summed E-state index contributed by atoms with van der Waals surface area (Å²) in [5, 5.41) is 9.57. The number of rotatable bonds is 8. The number of piperazine rings is 1. The number of nitrogens with two attached hydrogens (primary N) is 1. The molecule has 0 radical (unpaired) electrons. The minimum atomic E-state index is -0.00723. The van der Waals surface area contributed by atoms with Crippen molar-refractivity contribution in [2.75, 3.05) is 44.2 Å². The summed E-state index contributed by atoms with van der Waals surface area (Å²) in [6.07, 6.45) is 2.77. The van der Waals surface area contributed by atoms with Gasteiger partial charge >= 0.3 is 0 Å². The lowest BCUT2D eigenvalue weighted by molar-refractivity contribution is -0.133. The topological polar surface area (TPSA) is 114 Å². The van der Waals surface area contributed by atoms with Crippen LogP contribution in [0.4, 0.5) is 5.69 Å². The van der Waals surface area contributed by atoms with Crippen molar-refractivity contribution >= 4 is 22.5 Å². The number of amides is 1. The molecule has 1 aliphatic rings. The number of fused-ring (bicyclic) bond motifs is 1. The first-order chi connectivity index (χ1) is 19.6. The molecule has 0 saturated carbocycles. The van der Waals surface area contributed by atoms with Crippen molar-refractivity contribution in [3.63, 3.8) is 0 Å². The highest BCUT2D eigenvalue weighted by atomic mass is 16.5. The van der Waals surface area contributed by atoms with E-state index in [4.69, 9.17) is 14.9 Å². The fourth-order valence-corrected chi connectivity index (χ4v) is 5.14. The second kappa shape index (κ2) is 11.2. The molecule has 0 atom stereocenters. The number of ether oxygens (including phenoxy) is 1. The molecule has 3 N–H and O–H groups in total. The summed E-state index contributed by atoms with van der Waals surface area (Å²) < 4.78 is 11.8. The Hall–Kier alpha value is -4.63. The average molecular weight is 537 g/mol. The van der Waals surface area contributed by atoms with Gasteiger partial charge in [0.15, 0.2) is 6.61 Å². The van der Waals surface area contributed by atoms with Crippen LogP contribution in [0.3, 0.4) is 0 Å². The van der Waals surface area contributed by atoms with Gasteiger partial charge in [0, 0.05) is 60.1 Å². The lowest BCUT2D eigenvalue weighted by Crippen LogP contribution is -2.50. The van der Waals surface area contributed by atoms with Gasteiger partial charge in [0.2, 0.25) is 11.8 Å².